The lowest BCUT2D eigenvalue weighted by molar-refractivity contribution is -0.276. The normalized spacial score (nSPS) is 21.2. The number of ether oxygens (including phenoxy) is 2. The monoisotopic (exact) mass is 609 g/mol. The maximum absolute atomic E-state index is 12.7. The van der Waals surface area contributed by atoms with Crippen LogP contribution in [0.5, 0.6) is 0 Å². The summed E-state index contributed by atoms with van der Waals surface area (Å²) in [7, 11) is 2.00. The van der Waals surface area contributed by atoms with E-state index in [1.807, 2.05) is 123 Å². The van der Waals surface area contributed by atoms with Gasteiger partial charge in [-0.25, -0.2) is 4.79 Å². The summed E-state index contributed by atoms with van der Waals surface area (Å²) in [6.07, 6.45) is -1.85. The van der Waals surface area contributed by atoms with E-state index in [2.05, 4.69) is 22.5 Å². The number of hydrogen-bond donors (Lipinski definition) is 4. The van der Waals surface area contributed by atoms with Gasteiger partial charge in [0.25, 0.3) is 0 Å². The Labute approximate surface area is 265 Å². The van der Waals surface area contributed by atoms with Crippen molar-refractivity contribution in [2.75, 3.05) is 18.9 Å². The van der Waals surface area contributed by atoms with Gasteiger partial charge in [-0.15, -0.1) is 0 Å². The zero-order valence-corrected chi connectivity index (χ0v) is 26.0. The van der Waals surface area contributed by atoms with E-state index in [1.54, 1.807) is 0 Å². The number of hydrogen-bond acceptors (Lipinski definition) is 6. The van der Waals surface area contributed by atoms with Gasteiger partial charge in [0.05, 0.1) is 24.9 Å². The molecule has 1 saturated heterocycles. The minimum absolute atomic E-state index is 0.0187. The lowest BCUT2D eigenvalue weighted by Crippen LogP contribution is -2.46. The highest BCUT2D eigenvalue weighted by Crippen LogP contribution is 2.42. The first-order chi connectivity index (χ1) is 21.8. The van der Waals surface area contributed by atoms with E-state index in [1.165, 1.54) is 0 Å². The van der Waals surface area contributed by atoms with Crippen molar-refractivity contribution in [2.45, 2.75) is 57.6 Å². The summed E-state index contributed by atoms with van der Waals surface area (Å²) in [5.74, 6) is -0.0187. The summed E-state index contributed by atoms with van der Waals surface area (Å²) in [5, 5.41) is 26.5. The van der Waals surface area contributed by atoms with E-state index in [9.17, 15) is 15.0 Å². The van der Waals surface area contributed by atoms with Crippen molar-refractivity contribution in [3.8, 4) is 0 Å². The molecule has 1 aliphatic rings. The van der Waals surface area contributed by atoms with Crippen LogP contribution in [-0.4, -0.2) is 46.9 Å². The van der Waals surface area contributed by atoms with Crippen LogP contribution < -0.4 is 10.6 Å². The molecule has 2 amide bonds. The van der Waals surface area contributed by atoms with Crippen LogP contribution in [0.3, 0.4) is 0 Å². The van der Waals surface area contributed by atoms with E-state index in [0.29, 0.717) is 18.8 Å². The molecule has 0 radical (unpaired) electrons. The van der Waals surface area contributed by atoms with E-state index in [0.717, 1.165) is 27.8 Å². The highest BCUT2D eigenvalue weighted by molar-refractivity contribution is 5.89. The second-order valence-electron chi connectivity index (χ2n) is 11.8. The fourth-order valence-corrected chi connectivity index (χ4v) is 5.66. The van der Waals surface area contributed by atoms with Gasteiger partial charge < -0.3 is 30.3 Å². The van der Waals surface area contributed by atoms with Gasteiger partial charge >= 0.3 is 6.03 Å². The molecule has 0 spiro atoms. The van der Waals surface area contributed by atoms with Gasteiger partial charge in [0.2, 0.25) is 0 Å². The smallest absolute Gasteiger partial charge is 0.319 e. The molecule has 1 aliphatic heterocycles. The Morgan fingerprint density at radius 2 is 1.56 bits per heavy atom. The Morgan fingerprint density at radius 3 is 2.24 bits per heavy atom. The third-order valence-corrected chi connectivity index (χ3v) is 8.60. The highest BCUT2D eigenvalue weighted by Gasteiger charge is 2.39. The lowest BCUT2D eigenvalue weighted by Gasteiger charge is -2.43. The number of carbonyl (C=O) groups is 1. The molecule has 8 heteroatoms. The number of rotatable bonds is 11. The molecule has 236 valence electrons. The Morgan fingerprint density at radius 1 is 0.867 bits per heavy atom. The molecular weight excluding hydrogens is 566 g/mol. The number of aliphatic hydroxyl groups is 2. The van der Waals surface area contributed by atoms with E-state index in [4.69, 9.17) is 9.47 Å². The average molecular weight is 610 g/mol. The summed E-state index contributed by atoms with van der Waals surface area (Å²) in [6, 6.07) is 34.3. The molecule has 0 saturated carbocycles. The van der Waals surface area contributed by atoms with Gasteiger partial charge in [-0.1, -0.05) is 104 Å². The summed E-state index contributed by atoms with van der Waals surface area (Å²) in [5.41, 5.74) is 5.12. The number of urea groups is 1. The third-order valence-electron chi connectivity index (χ3n) is 8.60. The molecule has 0 aromatic heterocycles. The van der Waals surface area contributed by atoms with Crippen molar-refractivity contribution in [3.05, 3.63) is 137 Å². The first kappa shape index (κ1) is 32.3. The summed E-state index contributed by atoms with van der Waals surface area (Å²) >= 11 is 0. The second-order valence-corrected chi connectivity index (χ2v) is 11.8. The van der Waals surface area contributed by atoms with Crippen LogP contribution in [0.15, 0.2) is 109 Å². The number of nitrogens with one attached hydrogen (secondary N) is 2. The van der Waals surface area contributed by atoms with Crippen LogP contribution in [0.4, 0.5) is 10.5 Å². The molecule has 8 nitrogen and oxygen atoms in total. The maximum Gasteiger partial charge on any atom is 0.319 e. The van der Waals surface area contributed by atoms with Gasteiger partial charge in [0.15, 0.2) is 6.29 Å². The van der Waals surface area contributed by atoms with Crippen LogP contribution in [0.25, 0.3) is 0 Å². The van der Waals surface area contributed by atoms with Crippen molar-refractivity contribution in [3.63, 3.8) is 0 Å². The number of likely N-dealkylation sites (N-methyl/N-ethyl adjacent to an activating group) is 1. The quantitative estimate of drug-likeness (QED) is 0.158. The summed E-state index contributed by atoms with van der Waals surface area (Å²) in [6.45, 7) is 5.09. The Bertz CT molecular complexity index is 1500. The molecule has 4 aromatic carbocycles. The van der Waals surface area contributed by atoms with Crippen LogP contribution in [0, 0.1) is 5.92 Å². The first-order valence-electron chi connectivity index (χ1n) is 15.4. The van der Waals surface area contributed by atoms with Crippen molar-refractivity contribution >= 4 is 11.7 Å². The SMILES string of the molecule is C[C@H]1[C@@H](CN(C)[C@@H](C)[C@H](O)c2ccccc2)O[C@@H](c2cccc(NC(=O)NCc3ccccc3)c2)O[C@H]1c1ccc(CO)cc1. The Kier molecular flexibility index (Phi) is 11.0. The van der Waals surface area contributed by atoms with Gasteiger partial charge in [0, 0.05) is 36.3 Å². The predicted molar refractivity (Wildman–Crippen MR) is 175 cm³/mol. The van der Waals surface area contributed by atoms with Crippen molar-refractivity contribution in [1.29, 1.82) is 0 Å². The van der Waals surface area contributed by atoms with Gasteiger partial charge in [-0.2, -0.15) is 0 Å². The van der Waals surface area contributed by atoms with E-state index >= 15 is 0 Å². The lowest BCUT2D eigenvalue weighted by atomic mass is 9.89. The van der Waals surface area contributed by atoms with Gasteiger partial charge in [-0.05, 0) is 48.4 Å². The van der Waals surface area contributed by atoms with Crippen LogP contribution >= 0.6 is 0 Å². The third kappa shape index (κ3) is 8.36. The molecular formula is C37H43N3O5. The Balaban J connectivity index is 1.33. The van der Waals surface area contributed by atoms with Crippen molar-refractivity contribution in [2.24, 2.45) is 5.92 Å². The number of carbonyl (C=O) groups excluding carboxylic acids is 1. The largest absolute Gasteiger partial charge is 0.392 e. The topological polar surface area (TPSA) is 103 Å². The number of anilines is 1. The molecule has 4 aromatic rings. The van der Waals surface area contributed by atoms with Crippen molar-refractivity contribution < 1.29 is 24.5 Å². The summed E-state index contributed by atoms with van der Waals surface area (Å²) in [4.78, 5) is 14.8. The number of benzene rings is 4. The molecule has 45 heavy (non-hydrogen) atoms. The maximum atomic E-state index is 12.7. The van der Waals surface area contributed by atoms with Gasteiger partial charge in [0.1, 0.15) is 0 Å². The average Bonchev–Trinajstić information content (AvgIpc) is 3.08. The Hall–Kier alpha value is -4.05. The molecule has 0 unspecified atom stereocenters. The summed E-state index contributed by atoms with van der Waals surface area (Å²) < 4.78 is 13.3. The van der Waals surface area contributed by atoms with Crippen molar-refractivity contribution in [1.82, 2.24) is 10.2 Å². The first-order valence-corrected chi connectivity index (χ1v) is 15.4. The molecule has 0 bridgehead atoms. The molecule has 6 atom stereocenters. The van der Waals surface area contributed by atoms with Crippen LogP contribution in [0.2, 0.25) is 0 Å². The van der Waals surface area contributed by atoms with Crippen LogP contribution in [-0.2, 0) is 22.6 Å². The standard InChI is InChI=1S/C37H43N3O5/c1-25-33(23-40(3)26(2)34(42)29-13-8-5-9-14-29)44-36(45-35(25)30-19-17-28(24-41)18-20-30)31-15-10-16-32(21-31)39-37(43)38-22-27-11-6-4-7-12-27/h4-21,25-26,33-36,41-42H,22-24H2,1-3H3,(H2,38,39,43)/t25-,26-,33+,34-,35+,36+/m0/s1. The molecule has 1 heterocycles. The van der Waals surface area contributed by atoms with E-state index < -0.39 is 12.4 Å². The minimum Gasteiger partial charge on any atom is -0.392 e. The molecule has 4 N–H and O–H groups in total. The highest BCUT2D eigenvalue weighted by atomic mass is 16.7. The number of amides is 2. The fourth-order valence-electron chi connectivity index (χ4n) is 5.66. The zero-order chi connectivity index (χ0) is 31.8. The molecule has 5 rings (SSSR count). The number of aliphatic hydroxyl groups excluding tert-OH is 2. The fraction of sp³-hybridized carbons (Fsp3) is 0.324. The van der Waals surface area contributed by atoms with Crippen LogP contribution in [0.1, 0.15) is 60.2 Å². The van der Waals surface area contributed by atoms with Gasteiger partial charge in [-0.3, -0.25) is 4.90 Å². The predicted octanol–water partition coefficient (Wildman–Crippen LogP) is 6.35. The second kappa shape index (κ2) is 15.3. The zero-order valence-electron chi connectivity index (χ0n) is 26.0. The van der Waals surface area contributed by atoms with E-state index in [-0.39, 0.29) is 36.8 Å². The minimum atomic E-state index is -0.689. The number of nitrogens with zero attached hydrogens (tertiary/aromatic N) is 1. The molecule has 0 aliphatic carbocycles. The molecule has 1 fully saturated rings.